The molecule has 5 heteroatoms. The fraction of sp³-hybridized carbons (Fsp3) is 0.500. The van der Waals surface area contributed by atoms with Crippen LogP contribution in [0.25, 0.3) is 0 Å². The third-order valence-corrected chi connectivity index (χ3v) is 2.93. The van der Waals surface area contributed by atoms with Crippen molar-refractivity contribution in [2.45, 2.75) is 39.3 Å². The smallest absolute Gasteiger partial charge is 0.408 e. The predicted molar refractivity (Wildman–Crippen MR) is 77.4 cm³/mol. The second-order valence-corrected chi connectivity index (χ2v) is 5.85. The highest BCUT2D eigenvalue weighted by Gasteiger charge is 2.20. The number of aryl methyl sites for hydroxylation is 1. The maximum atomic E-state index is 11.7. The van der Waals surface area contributed by atoms with Crippen molar-refractivity contribution < 1.29 is 9.53 Å². The van der Waals surface area contributed by atoms with Crippen molar-refractivity contribution in [3.63, 3.8) is 0 Å². The third kappa shape index (κ3) is 5.09. The number of halogens is 1. The lowest BCUT2D eigenvalue weighted by Crippen LogP contribution is -2.37. The van der Waals surface area contributed by atoms with Gasteiger partial charge in [0.25, 0.3) is 0 Å². The molecule has 0 aliphatic rings. The summed E-state index contributed by atoms with van der Waals surface area (Å²) in [4.78, 5) is 11.7. The van der Waals surface area contributed by atoms with Crippen molar-refractivity contribution >= 4 is 17.7 Å². The highest BCUT2D eigenvalue weighted by atomic mass is 35.5. The number of alkyl carbamates (subject to hydrolysis) is 1. The Morgan fingerprint density at radius 2 is 2.11 bits per heavy atom. The SMILES string of the molecule is Cc1ccc(C(CN)NC(=O)OC(C)(C)C)cc1Cl. The molecule has 0 aliphatic carbocycles. The predicted octanol–water partition coefficient (Wildman–Crippen LogP) is 3.17. The number of carbonyl (C=O) groups is 1. The molecule has 106 valence electrons. The molecule has 0 fully saturated rings. The highest BCUT2D eigenvalue weighted by Crippen LogP contribution is 2.21. The van der Waals surface area contributed by atoms with Crippen molar-refractivity contribution in [2.24, 2.45) is 5.73 Å². The first-order chi connectivity index (χ1) is 8.73. The lowest BCUT2D eigenvalue weighted by atomic mass is 10.1. The summed E-state index contributed by atoms with van der Waals surface area (Å²) in [6, 6.07) is 5.30. The van der Waals surface area contributed by atoms with Crippen molar-refractivity contribution in [2.75, 3.05) is 6.54 Å². The molecular formula is C14H21ClN2O2. The van der Waals surface area contributed by atoms with Gasteiger partial charge in [-0.15, -0.1) is 0 Å². The average Bonchev–Trinajstić information content (AvgIpc) is 2.27. The lowest BCUT2D eigenvalue weighted by Gasteiger charge is -2.23. The van der Waals surface area contributed by atoms with Gasteiger partial charge in [0.05, 0.1) is 6.04 Å². The minimum Gasteiger partial charge on any atom is -0.444 e. The van der Waals surface area contributed by atoms with E-state index in [-0.39, 0.29) is 12.6 Å². The number of ether oxygens (including phenoxy) is 1. The van der Waals surface area contributed by atoms with E-state index >= 15 is 0 Å². The Bertz CT molecular complexity index is 455. The van der Waals surface area contributed by atoms with Crippen LogP contribution in [0.2, 0.25) is 5.02 Å². The van der Waals surface area contributed by atoms with Crippen LogP contribution in [0, 0.1) is 6.92 Å². The fourth-order valence-electron chi connectivity index (χ4n) is 1.55. The van der Waals surface area contributed by atoms with E-state index in [9.17, 15) is 4.79 Å². The van der Waals surface area contributed by atoms with Gasteiger partial charge in [-0.25, -0.2) is 4.79 Å². The van der Waals surface area contributed by atoms with E-state index < -0.39 is 11.7 Å². The summed E-state index contributed by atoms with van der Waals surface area (Å²) in [6.45, 7) is 7.63. The Morgan fingerprint density at radius 1 is 1.47 bits per heavy atom. The largest absolute Gasteiger partial charge is 0.444 e. The second kappa shape index (κ2) is 6.26. The molecule has 4 nitrogen and oxygen atoms in total. The number of hydrogen-bond acceptors (Lipinski definition) is 3. The summed E-state index contributed by atoms with van der Waals surface area (Å²) >= 11 is 6.07. The summed E-state index contributed by atoms with van der Waals surface area (Å²) in [5.41, 5.74) is 7.01. The van der Waals surface area contributed by atoms with Gasteiger partial charge in [0.2, 0.25) is 0 Å². The van der Waals surface area contributed by atoms with E-state index in [1.807, 2.05) is 45.9 Å². The van der Waals surface area contributed by atoms with Crippen molar-refractivity contribution in [1.29, 1.82) is 0 Å². The van der Waals surface area contributed by atoms with Gasteiger partial charge in [0.1, 0.15) is 5.60 Å². The molecule has 0 bridgehead atoms. The molecule has 1 rings (SSSR count). The standard InChI is InChI=1S/C14H21ClN2O2/c1-9-5-6-10(7-11(9)15)12(8-16)17-13(18)19-14(2,3)4/h5-7,12H,8,16H2,1-4H3,(H,17,18). The van der Waals surface area contributed by atoms with Crippen molar-refractivity contribution in [3.8, 4) is 0 Å². The van der Waals surface area contributed by atoms with E-state index in [1.54, 1.807) is 0 Å². The Morgan fingerprint density at radius 3 is 2.58 bits per heavy atom. The van der Waals surface area contributed by atoms with Crippen LogP contribution in [-0.2, 0) is 4.74 Å². The molecule has 0 saturated heterocycles. The first-order valence-corrected chi connectivity index (χ1v) is 6.56. The second-order valence-electron chi connectivity index (χ2n) is 5.44. The molecule has 0 aromatic heterocycles. The summed E-state index contributed by atoms with van der Waals surface area (Å²) in [5.74, 6) is 0. The summed E-state index contributed by atoms with van der Waals surface area (Å²) in [6.07, 6.45) is -0.486. The molecule has 3 N–H and O–H groups in total. The minimum absolute atomic E-state index is 0.276. The van der Waals surface area contributed by atoms with E-state index in [1.165, 1.54) is 0 Å². The van der Waals surface area contributed by atoms with Gasteiger partial charge >= 0.3 is 6.09 Å². The van der Waals surface area contributed by atoms with Crippen LogP contribution in [-0.4, -0.2) is 18.2 Å². The van der Waals surface area contributed by atoms with Gasteiger partial charge in [-0.1, -0.05) is 23.7 Å². The molecule has 0 radical (unpaired) electrons. The van der Waals surface area contributed by atoms with Gasteiger partial charge < -0.3 is 15.8 Å². The molecule has 1 aromatic carbocycles. The van der Waals surface area contributed by atoms with E-state index in [0.29, 0.717) is 5.02 Å². The molecule has 0 heterocycles. The lowest BCUT2D eigenvalue weighted by molar-refractivity contribution is 0.0505. The van der Waals surface area contributed by atoms with Gasteiger partial charge in [0.15, 0.2) is 0 Å². The zero-order valence-electron chi connectivity index (χ0n) is 11.8. The van der Waals surface area contributed by atoms with Crippen LogP contribution in [0.5, 0.6) is 0 Å². The molecule has 1 amide bonds. The van der Waals surface area contributed by atoms with Gasteiger partial charge in [-0.3, -0.25) is 0 Å². The van der Waals surface area contributed by atoms with Gasteiger partial charge in [0, 0.05) is 11.6 Å². The number of carbonyl (C=O) groups excluding carboxylic acids is 1. The average molecular weight is 285 g/mol. The normalized spacial score (nSPS) is 12.9. The Kier molecular flexibility index (Phi) is 5.20. The Labute approximate surface area is 119 Å². The fourth-order valence-corrected chi connectivity index (χ4v) is 1.74. The molecular weight excluding hydrogens is 264 g/mol. The minimum atomic E-state index is -0.534. The maximum absolute atomic E-state index is 11.7. The molecule has 0 saturated carbocycles. The zero-order chi connectivity index (χ0) is 14.6. The monoisotopic (exact) mass is 284 g/mol. The van der Waals surface area contributed by atoms with E-state index in [0.717, 1.165) is 11.1 Å². The van der Waals surface area contributed by atoms with Crippen LogP contribution in [0.15, 0.2) is 18.2 Å². The number of amides is 1. The van der Waals surface area contributed by atoms with Gasteiger partial charge in [-0.05, 0) is 44.9 Å². The summed E-state index contributed by atoms with van der Waals surface area (Å²) in [7, 11) is 0. The van der Waals surface area contributed by atoms with E-state index in [4.69, 9.17) is 22.1 Å². The number of rotatable bonds is 3. The quantitative estimate of drug-likeness (QED) is 0.896. The number of nitrogens with one attached hydrogen (secondary N) is 1. The van der Waals surface area contributed by atoms with Crippen LogP contribution in [0.4, 0.5) is 4.79 Å². The number of benzene rings is 1. The Balaban J connectivity index is 2.78. The van der Waals surface area contributed by atoms with Crippen molar-refractivity contribution in [1.82, 2.24) is 5.32 Å². The molecule has 19 heavy (non-hydrogen) atoms. The van der Waals surface area contributed by atoms with Crippen LogP contribution in [0.1, 0.15) is 37.9 Å². The molecule has 1 aromatic rings. The van der Waals surface area contributed by atoms with Crippen molar-refractivity contribution in [3.05, 3.63) is 34.3 Å². The summed E-state index contributed by atoms with van der Waals surface area (Å²) < 4.78 is 5.21. The molecule has 0 aliphatic heterocycles. The molecule has 1 unspecified atom stereocenters. The molecule has 0 spiro atoms. The first-order valence-electron chi connectivity index (χ1n) is 6.18. The number of hydrogen-bond donors (Lipinski definition) is 2. The van der Waals surface area contributed by atoms with Crippen LogP contribution in [0.3, 0.4) is 0 Å². The van der Waals surface area contributed by atoms with E-state index in [2.05, 4.69) is 5.32 Å². The number of nitrogens with two attached hydrogens (primary N) is 1. The van der Waals surface area contributed by atoms with Crippen LogP contribution >= 0.6 is 11.6 Å². The summed E-state index contributed by atoms with van der Waals surface area (Å²) in [5, 5.41) is 3.40. The zero-order valence-corrected chi connectivity index (χ0v) is 12.5. The highest BCUT2D eigenvalue weighted by molar-refractivity contribution is 6.31. The van der Waals surface area contributed by atoms with Gasteiger partial charge in [-0.2, -0.15) is 0 Å². The maximum Gasteiger partial charge on any atom is 0.408 e. The van der Waals surface area contributed by atoms with Crippen LogP contribution < -0.4 is 11.1 Å². The molecule has 1 atom stereocenters. The first kappa shape index (κ1) is 15.8. The topological polar surface area (TPSA) is 64.3 Å². The third-order valence-electron chi connectivity index (χ3n) is 2.52. The Hall–Kier alpha value is -1.26.